The fourth-order valence-corrected chi connectivity index (χ4v) is 4.07. The van der Waals surface area contributed by atoms with Gasteiger partial charge < -0.3 is 19.1 Å². The van der Waals surface area contributed by atoms with Gasteiger partial charge in [0, 0.05) is 17.5 Å². The molecule has 3 heterocycles. The van der Waals surface area contributed by atoms with Crippen molar-refractivity contribution in [3.8, 4) is 5.75 Å². The highest BCUT2D eigenvalue weighted by Gasteiger charge is 2.19. The molecule has 0 saturated heterocycles. The van der Waals surface area contributed by atoms with Crippen LogP contribution < -0.4 is 15.6 Å². The number of benzene rings is 2. The molecular weight excluding hydrogens is 448 g/mol. The van der Waals surface area contributed by atoms with E-state index in [1.807, 2.05) is 31.2 Å². The van der Waals surface area contributed by atoms with Gasteiger partial charge in [0.1, 0.15) is 29.9 Å². The topological polar surface area (TPSA) is 117 Å². The number of hydrogen-bond acceptors (Lipinski definition) is 7. The molecule has 2 aromatic carbocycles. The summed E-state index contributed by atoms with van der Waals surface area (Å²) >= 11 is 0. The van der Waals surface area contributed by atoms with Crippen LogP contribution in [0.3, 0.4) is 0 Å². The van der Waals surface area contributed by atoms with Gasteiger partial charge in [0.2, 0.25) is 11.8 Å². The Labute approximate surface area is 200 Å². The van der Waals surface area contributed by atoms with Crippen molar-refractivity contribution in [1.29, 1.82) is 0 Å². The lowest BCUT2D eigenvalue weighted by atomic mass is 10.2. The van der Waals surface area contributed by atoms with Crippen LogP contribution in [0.15, 0.2) is 64.2 Å². The zero-order chi connectivity index (χ0) is 24.4. The van der Waals surface area contributed by atoms with Crippen LogP contribution in [0, 0.1) is 0 Å². The molecule has 0 saturated carbocycles. The van der Waals surface area contributed by atoms with Crippen molar-refractivity contribution in [1.82, 2.24) is 24.3 Å². The molecule has 35 heavy (non-hydrogen) atoms. The minimum atomic E-state index is -0.293. The maximum absolute atomic E-state index is 13.5. The number of para-hydroxylation sites is 1. The number of methoxy groups -OCH3 is 1. The second kappa shape index (κ2) is 9.41. The third kappa shape index (κ3) is 4.37. The Bertz CT molecular complexity index is 1560. The number of nitrogens with one attached hydrogen (secondary N) is 1. The highest BCUT2D eigenvalue weighted by atomic mass is 16.5. The van der Waals surface area contributed by atoms with Crippen LogP contribution in [0.2, 0.25) is 0 Å². The van der Waals surface area contributed by atoms with Crippen molar-refractivity contribution in [3.05, 3.63) is 76.9 Å². The summed E-state index contributed by atoms with van der Waals surface area (Å²) in [6.07, 6.45) is 3.07. The van der Waals surface area contributed by atoms with Crippen molar-refractivity contribution >= 4 is 33.5 Å². The van der Waals surface area contributed by atoms with E-state index in [4.69, 9.17) is 9.26 Å². The van der Waals surface area contributed by atoms with Gasteiger partial charge in [0.05, 0.1) is 19.0 Å². The molecular formula is C25H24N6O4. The van der Waals surface area contributed by atoms with Gasteiger partial charge in [-0.1, -0.05) is 30.3 Å². The van der Waals surface area contributed by atoms with Crippen molar-refractivity contribution in [2.45, 2.75) is 32.9 Å². The Hall–Kier alpha value is -4.47. The van der Waals surface area contributed by atoms with Gasteiger partial charge >= 0.3 is 0 Å². The number of fused-ring (bicyclic) bond motifs is 3. The summed E-state index contributed by atoms with van der Waals surface area (Å²) in [6.45, 7) is 2.07. The molecule has 0 radical (unpaired) electrons. The van der Waals surface area contributed by atoms with E-state index >= 15 is 0 Å². The highest BCUT2D eigenvalue weighted by molar-refractivity contribution is 6.06. The average Bonchev–Trinajstić information content (AvgIpc) is 3.44. The molecule has 0 bridgehead atoms. The van der Waals surface area contributed by atoms with Crippen molar-refractivity contribution in [2.24, 2.45) is 0 Å². The normalized spacial score (nSPS) is 11.3. The quantitative estimate of drug-likeness (QED) is 0.368. The maximum Gasteiger partial charge on any atom is 0.278 e. The average molecular weight is 473 g/mol. The summed E-state index contributed by atoms with van der Waals surface area (Å²) in [6, 6.07) is 14.6. The third-order valence-corrected chi connectivity index (χ3v) is 5.70. The van der Waals surface area contributed by atoms with Gasteiger partial charge in [-0.25, -0.2) is 4.98 Å². The monoisotopic (exact) mass is 472 g/mol. The zero-order valence-corrected chi connectivity index (χ0v) is 19.4. The predicted molar refractivity (Wildman–Crippen MR) is 131 cm³/mol. The standard InChI is InChI=1S/C25H24N6O4/c1-3-6-20-28-22(35-29-20)14-30-15-26-23-18-7-4-5-8-19(18)31(24(23)25(30)33)13-21(32)27-16-9-11-17(34-2)12-10-16/h4-5,7-12,15H,3,6,13-14H2,1-2H3,(H,27,32). The number of ether oxygens (including phenoxy) is 1. The molecule has 0 unspecified atom stereocenters. The Morgan fingerprint density at radius 1 is 1.14 bits per heavy atom. The fraction of sp³-hybridized carbons (Fsp3) is 0.240. The molecule has 178 valence electrons. The largest absolute Gasteiger partial charge is 0.497 e. The van der Waals surface area contributed by atoms with E-state index in [1.165, 1.54) is 10.9 Å². The highest BCUT2D eigenvalue weighted by Crippen LogP contribution is 2.25. The predicted octanol–water partition coefficient (Wildman–Crippen LogP) is 3.38. The first-order valence-electron chi connectivity index (χ1n) is 11.3. The minimum Gasteiger partial charge on any atom is -0.497 e. The second-order valence-electron chi connectivity index (χ2n) is 8.11. The van der Waals surface area contributed by atoms with E-state index < -0.39 is 0 Å². The molecule has 0 aliphatic carbocycles. The van der Waals surface area contributed by atoms with Crippen LogP contribution in [0.25, 0.3) is 21.9 Å². The van der Waals surface area contributed by atoms with Gasteiger partial charge in [-0.15, -0.1) is 0 Å². The van der Waals surface area contributed by atoms with Gasteiger partial charge in [-0.05, 0) is 36.8 Å². The van der Waals surface area contributed by atoms with Gasteiger partial charge in [-0.3, -0.25) is 14.2 Å². The lowest BCUT2D eigenvalue weighted by Gasteiger charge is -2.10. The van der Waals surface area contributed by atoms with E-state index in [-0.39, 0.29) is 24.6 Å². The van der Waals surface area contributed by atoms with E-state index in [9.17, 15) is 9.59 Å². The number of aryl methyl sites for hydroxylation is 1. The second-order valence-corrected chi connectivity index (χ2v) is 8.11. The Morgan fingerprint density at radius 2 is 1.94 bits per heavy atom. The van der Waals surface area contributed by atoms with E-state index in [0.29, 0.717) is 40.6 Å². The Balaban J connectivity index is 1.51. The summed E-state index contributed by atoms with van der Waals surface area (Å²) in [5.74, 6) is 1.36. The number of hydrogen-bond donors (Lipinski definition) is 1. The first kappa shape index (κ1) is 22.3. The molecule has 0 atom stereocenters. The zero-order valence-electron chi connectivity index (χ0n) is 19.4. The van der Waals surface area contributed by atoms with Gasteiger partial charge in [0.25, 0.3) is 5.56 Å². The van der Waals surface area contributed by atoms with E-state index in [1.54, 1.807) is 35.9 Å². The molecule has 10 heteroatoms. The Morgan fingerprint density at radius 3 is 2.71 bits per heavy atom. The van der Waals surface area contributed by atoms with Crippen LogP contribution in [0.5, 0.6) is 5.75 Å². The van der Waals surface area contributed by atoms with Crippen molar-refractivity contribution in [3.63, 3.8) is 0 Å². The summed E-state index contributed by atoms with van der Waals surface area (Å²) in [5, 5.41) is 7.62. The molecule has 0 aliphatic heterocycles. The van der Waals surface area contributed by atoms with E-state index in [0.717, 1.165) is 17.3 Å². The maximum atomic E-state index is 13.5. The third-order valence-electron chi connectivity index (χ3n) is 5.70. The van der Waals surface area contributed by atoms with Crippen LogP contribution in [-0.4, -0.2) is 37.3 Å². The fourth-order valence-electron chi connectivity index (χ4n) is 4.07. The van der Waals surface area contributed by atoms with Gasteiger partial charge in [-0.2, -0.15) is 4.98 Å². The molecule has 0 spiro atoms. The number of carbonyl (C=O) groups excluding carboxylic acids is 1. The van der Waals surface area contributed by atoms with Gasteiger partial charge in [0.15, 0.2) is 5.82 Å². The van der Waals surface area contributed by atoms with Crippen LogP contribution >= 0.6 is 0 Å². The van der Waals surface area contributed by atoms with Crippen molar-refractivity contribution < 1.29 is 14.1 Å². The molecule has 5 aromatic rings. The lowest BCUT2D eigenvalue weighted by molar-refractivity contribution is -0.116. The first-order chi connectivity index (χ1) is 17.1. The molecule has 0 aliphatic rings. The first-order valence-corrected chi connectivity index (χ1v) is 11.3. The molecule has 5 rings (SSSR count). The molecule has 1 N–H and O–H groups in total. The Kier molecular flexibility index (Phi) is 6.01. The summed E-state index contributed by atoms with van der Waals surface area (Å²) in [4.78, 5) is 35.4. The molecule has 10 nitrogen and oxygen atoms in total. The number of amides is 1. The smallest absolute Gasteiger partial charge is 0.278 e. The summed E-state index contributed by atoms with van der Waals surface area (Å²) < 4.78 is 13.6. The number of nitrogens with zero attached hydrogens (tertiary/aromatic N) is 5. The molecule has 0 fully saturated rings. The SMILES string of the molecule is CCCc1noc(Cn2cnc3c4ccccc4n(CC(=O)Nc4ccc(OC)cc4)c3c2=O)n1. The van der Waals surface area contributed by atoms with Crippen LogP contribution in [0.1, 0.15) is 25.1 Å². The number of rotatable bonds is 8. The van der Waals surface area contributed by atoms with E-state index in [2.05, 4.69) is 20.4 Å². The summed E-state index contributed by atoms with van der Waals surface area (Å²) in [5.41, 5.74) is 1.96. The number of aromatic nitrogens is 5. The minimum absolute atomic E-state index is 0.0574. The van der Waals surface area contributed by atoms with Crippen molar-refractivity contribution in [2.75, 3.05) is 12.4 Å². The molecule has 1 amide bonds. The molecule has 3 aromatic heterocycles. The van der Waals surface area contributed by atoms with Crippen LogP contribution in [0.4, 0.5) is 5.69 Å². The van der Waals surface area contributed by atoms with Crippen LogP contribution in [-0.2, 0) is 24.3 Å². The number of anilines is 1. The summed E-state index contributed by atoms with van der Waals surface area (Å²) in [7, 11) is 1.58. The number of carbonyl (C=O) groups is 1. The lowest BCUT2D eigenvalue weighted by Crippen LogP contribution is -2.25.